The van der Waals surface area contributed by atoms with Crippen molar-refractivity contribution in [3.8, 4) is 0 Å². The average molecular weight is 359 g/mol. The first-order chi connectivity index (χ1) is 12.0. The van der Waals surface area contributed by atoms with E-state index in [9.17, 15) is 9.18 Å². The Morgan fingerprint density at radius 3 is 2.72 bits per heavy atom. The minimum absolute atomic E-state index is 0.0353. The van der Waals surface area contributed by atoms with E-state index in [1.54, 1.807) is 13.0 Å². The Hall–Kier alpha value is -2.73. The van der Waals surface area contributed by atoms with Crippen LogP contribution in [0.25, 0.3) is 0 Å². The van der Waals surface area contributed by atoms with Crippen LogP contribution in [0.5, 0.6) is 0 Å². The number of aromatic nitrogens is 3. The summed E-state index contributed by atoms with van der Waals surface area (Å²) in [5, 5.41) is 10.3. The van der Waals surface area contributed by atoms with Crippen molar-refractivity contribution in [3.05, 3.63) is 76.1 Å². The first-order valence-electron chi connectivity index (χ1n) is 7.70. The number of aromatic amines is 1. The van der Waals surface area contributed by atoms with Crippen molar-refractivity contribution in [2.45, 2.75) is 19.8 Å². The number of aryl methyl sites for hydroxylation is 1. The van der Waals surface area contributed by atoms with Gasteiger partial charge in [0.05, 0.1) is 6.42 Å². The van der Waals surface area contributed by atoms with Gasteiger partial charge in [0.2, 0.25) is 5.91 Å². The Bertz CT molecular complexity index is 892. The molecule has 5 nitrogen and oxygen atoms in total. The van der Waals surface area contributed by atoms with Crippen molar-refractivity contribution in [1.82, 2.24) is 15.2 Å². The lowest BCUT2D eigenvalue weighted by Crippen LogP contribution is -2.15. The molecule has 1 aromatic heterocycles. The predicted octanol–water partition coefficient (Wildman–Crippen LogP) is 3.68. The lowest BCUT2D eigenvalue weighted by atomic mass is 10.1. The zero-order valence-corrected chi connectivity index (χ0v) is 14.3. The molecule has 7 heteroatoms. The van der Waals surface area contributed by atoms with Crippen LogP contribution in [0, 0.1) is 12.7 Å². The highest BCUT2D eigenvalue weighted by molar-refractivity contribution is 6.30. The molecular weight excluding hydrogens is 343 g/mol. The van der Waals surface area contributed by atoms with Crippen LogP contribution in [0.4, 0.5) is 10.1 Å². The monoisotopic (exact) mass is 358 g/mol. The quantitative estimate of drug-likeness (QED) is 0.731. The molecule has 3 rings (SSSR count). The lowest BCUT2D eigenvalue weighted by molar-refractivity contribution is -0.115. The van der Waals surface area contributed by atoms with Gasteiger partial charge in [-0.25, -0.2) is 9.37 Å². The van der Waals surface area contributed by atoms with Crippen LogP contribution in [-0.2, 0) is 17.6 Å². The topological polar surface area (TPSA) is 70.7 Å². The molecule has 3 aromatic rings. The fourth-order valence-corrected chi connectivity index (χ4v) is 2.49. The molecule has 0 aliphatic rings. The second-order valence-corrected chi connectivity index (χ2v) is 6.13. The molecule has 25 heavy (non-hydrogen) atoms. The standard InChI is InChI=1S/C18H16ClFN4O/c1-11-8-14(6-7-15(11)20)21-18(25)10-17-22-16(23-24-17)9-12-2-4-13(19)5-3-12/h2-8H,9-10H2,1H3,(H,21,25)(H,22,23,24). The highest BCUT2D eigenvalue weighted by Gasteiger charge is 2.10. The van der Waals surface area contributed by atoms with E-state index in [0.717, 1.165) is 5.56 Å². The third kappa shape index (κ3) is 4.64. The Morgan fingerprint density at radius 1 is 1.24 bits per heavy atom. The van der Waals surface area contributed by atoms with E-state index in [4.69, 9.17) is 11.6 Å². The summed E-state index contributed by atoms with van der Waals surface area (Å²) in [4.78, 5) is 16.4. The Balaban J connectivity index is 1.59. The zero-order valence-electron chi connectivity index (χ0n) is 13.5. The van der Waals surface area contributed by atoms with E-state index in [1.165, 1.54) is 12.1 Å². The highest BCUT2D eigenvalue weighted by Crippen LogP contribution is 2.14. The lowest BCUT2D eigenvalue weighted by Gasteiger charge is -2.05. The van der Waals surface area contributed by atoms with Crippen LogP contribution in [-0.4, -0.2) is 21.1 Å². The molecule has 128 valence electrons. The van der Waals surface area contributed by atoms with Crippen LogP contribution in [0.1, 0.15) is 22.8 Å². The van der Waals surface area contributed by atoms with Crippen LogP contribution in [0.3, 0.4) is 0 Å². The number of hydrogen-bond donors (Lipinski definition) is 2. The summed E-state index contributed by atoms with van der Waals surface area (Å²) in [6.45, 7) is 1.64. The number of anilines is 1. The van der Waals surface area contributed by atoms with Crippen LogP contribution < -0.4 is 5.32 Å². The van der Waals surface area contributed by atoms with Gasteiger partial charge in [-0.2, -0.15) is 5.10 Å². The van der Waals surface area contributed by atoms with Gasteiger partial charge in [0.15, 0.2) is 5.82 Å². The molecule has 0 unspecified atom stereocenters. The number of nitrogens with zero attached hydrogens (tertiary/aromatic N) is 2. The van der Waals surface area contributed by atoms with E-state index in [1.807, 2.05) is 24.3 Å². The fourth-order valence-electron chi connectivity index (χ4n) is 2.36. The SMILES string of the molecule is Cc1cc(NC(=O)Cc2n[nH]c(Cc3ccc(Cl)cc3)n2)ccc1F. The predicted molar refractivity (Wildman–Crippen MR) is 94.1 cm³/mol. The van der Waals surface area contributed by atoms with Crippen molar-refractivity contribution in [2.24, 2.45) is 0 Å². The molecule has 0 radical (unpaired) electrons. The number of carbonyl (C=O) groups excluding carboxylic acids is 1. The number of nitrogens with one attached hydrogen (secondary N) is 2. The maximum Gasteiger partial charge on any atom is 0.232 e. The number of amides is 1. The second-order valence-electron chi connectivity index (χ2n) is 5.69. The third-order valence-electron chi connectivity index (χ3n) is 3.62. The molecule has 0 saturated carbocycles. The van der Waals surface area contributed by atoms with Gasteiger partial charge >= 0.3 is 0 Å². The first kappa shape index (κ1) is 17.1. The summed E-state index contributed by atoms with van der Waals surface area (Å²) in [7, 11) is 0. The Morgan fingerprint density at radius 2 is 2.00 bits per heavy atom. The summed E-state index contributed by atoms with van der Waals surface area (Å²) in [6, 6.07) is 11.9. The van der Waals surface area contributed by atoms with Crippen molar-refractivity contribution in [2.75, 3.05) is 5.32 Å². The van der Waals surface area contributed by atoms with Crippen LogP contribution in [0.15, 0.2) is 42.5 Å². The third-order valence-corrected chi connectivity index (χ3v) is 3.88. The van der Waals surface area contributed by atoms with E-state index in [-0.39, 0.29) is 18.1 Å². The Kier molecular flexibility index (Phi) is 5.09. The molecule has 0 spiro atoms. The highest BCUT2D eigenvalue weighted by atomic mass is 35.5. The number of halogens is 2. The number of rotatable bonds is 5. The molecule has 0 atom stereocenters. The summed E-state index contributed by atoms with van der Waals surface area (Å²) >= 11 is 5.86. The molecule has 2 N–H and O–H groups in total. The molecule has 1 amide bonds. The molecule has 0 saturated heterocycles. The molecule has 0 fully saturated rings. The van der Waals surface area contributed by atoms with Crippen LogP contribution in [0.2, 0.25) is 5.02 Å². The van der Waals surface area contributed by atoms with E-state index >= 15 is 0 Å². The fraction of sp³-hybridized carbons (Fsp3) is 0.167. The zero-order chi connectivity index (χ0) is 17.8. The van der Waals surface area contributed by atoms with Gasteiger partial charge in [0.1, 0.15) is 11.6 Å². The number of H-pyrrole nitrogens is 1. The smallest absolute Gasteiger partial charge is 0.232 e. The van der Waals surface area contributed by atoms with Gasteiger partial charge in [-0.1, -0.05) is 23.7 Å². The number of carbonyl (C=O) groups is 1. The molecule has 0 aliphatic heterocycles. The maximum atomic E-state index is 13.2. The summed E-state index contributed by atoms with van der Waals surface area (Å²) in [5.41, 5.74) is 2.06. The minimum atomic E-state index is -0.307. The molecule has 1 heterocycles. The van der Waals surface area contributed by atoms with E-state index in [0.29, 0.717) is 34.3 Å². The summed E-state index contributed by atoms with van der Waals surface area (Å²) in [5.74, 6) is 0.505. The van der Waals surface area contributed by atoms with Crippen molar-refractivity contribution in [3.63, 3.8) is 0 Å². The van der Waals surface area contributed by atoms with Gasteiger partial charge in [-0.3, -0.25) is 9.89 Å². The van der Waals surface area contributed by atoms with Crippen LogP contribution >= 0.6 is 11.6 Å². The van der Waals surface area contributed by atoms with Gasteiger partial charge in [-0.05, 0) is 48.4 Å². The van der Waals surface area contributed by atoms with Gasteiger partial charge in [0.25, 0.3) is 0 Å². The second kappa shape index (κ2) is 7.44. The first-order valence-corrected chi connectivity index (χ1v) is 8.08. The van der Waals surface area contributed by atoms with Gasteiger partial charge < -0.3 is 5.32 Å². The summed E-state index contributed by atoms with van der Waals surface area (Å²) < 4.78 is 13.2. The van der Waals surface area contributed by atoms with Gasteiger partial charge in [0, 0.05) is 17.1 Å². The average Bonchev–Trinajstić information content (AvgIpc) is 3.00. The van der Waals surface area contributed by atoms with Crippen molar-refractivity contribution >= 4 is 23.2 Å². The van der Waals surface area contributed by atoms with Gasteiger partial charge in [-0.15, -0.1) is 0 Å². The van der Waals surface area contributed by atoms with E-state index < -0.39 is 0 Å². The maximum absolute atomic E-state index is 13.2. The number of benzene rings is 2. The summed E-state index contributed by atoms with van der Waals surface area (Å²) in [6.07, 6.45) is 0.608. The van der Waals surface area contributed by atoms with Crippen molar-refractivity contribution in [1.29, 1.82) is 0 Å². The minimum Gasteiger partial charge on any atom is -0.326 e. The number of hydrogen-bond acceptors (Lipinski definition) is 3. The molecule has 0 bridgehead atoms. The van der Waals surface area contributed by atoms with Crippen molar-refractivity contribution < 1.29 is 9.18 Å². The Labute approximate surface area is 149 Å². The van der Waals surface area contributed by atoms with E-state index in [2.05, 4.69) is 20.5 Å². The molecule has 2 aromatic carbocycles. The largest absolute Gasteiger partial charge is 0.326 e. The normalized spacial score (nSPS) is 10.7. The molecular formula is C18H16ClFN4O. The molecule has 0 aliphatic carbocycles.